The van der Waals surface area contributed by atoms with Crippen LogP contribution in [0.25, 0.3) is 0 Å². The van der Waals surface area contributed by atoms with E-state index in [1.165, 1.54) is 12.3 Å². The van der Waals surface area contributed by atoms with Crippen molar-refractivity contribution in [1.29, 1.82) is 0 Å². The molecule has 0 bridgehead atoms. The van der Waals surface area contributed by atoms with Crippen LogP contribution in [0, 0.1) is 17.5 Å². The van der Waals surface area contributed by atoms with Gasteiger partial charge in [-0.1, -0.05) is 0 Å². The Balaban J connectivity index is 2.48. The fourth-order valence-corrected chi connectivity index (χ4v) is 1.81. The van der Waals surface area contributed by atoms with Crippen LogP contribution >= 0.6 is 15.9 Å². The van der Waals surface area contributed by atoms with E-state index < -0.39 is 23.6 Å². The second-order valence-corrected chi connectivity index (χ2v) is 4.18. The molecule has 0 radical (unpaired) electrons. The van der Waals surface area contributed by atoms with E-state index in [0.717, 1.165) is 0 Å². The van der Waals surface area contributed by atoms with E-state index in [-0.39, 0.29) is 11.3 Å². The molecule has 0 spiro atoms. The molecular weight excluding hydrogens is 301 g/mol. The molecule has 1 heterocycles. The highest BCUT2D eigenvalue weighted by Crippen LogP contribution is 2.31. The third-order valence-corrected chi connectivity index (χ3v) is 2.88. The molecule has 0 saturated carbocycles. The Labute approximate surface area is 103 Å². The average molecular weight is 307 g/mol. The summed E-state index contributed by atoms with van der Waals surface area (Å²) in [7, 11) is 0. The van der Waals surface area contributed by atoms with Gasteiger partial charge in [-0.2, -0.15) is 0 Å². The van der Waals surface area contributed by atoms with Gasteiger partial charge in [0.15, 0.2) is 17.4 Å². The van der Waals surface area contributed by atoms with Gasteiger partial charge in [-0.15, -0.1) is 0 Å². The number of halogens is 4. The Kier molecular flexibility index (Phi) is 3.26. The summed E-state index contributed by atoms with van der Waals surface area (Å²) in [6.45, 7) is 0. The molecule has 2 rings (SSSR count). The molecule has 0 saturated heterocycles. The van der Waals surface area contributed by atoms with Crippen molar-refractivity contribution in [3.8, 4) is 0 Å². The maximum atomic E-state index is 13.4. The first-order chi connectivity index (χ1) is 8.00. The maximum absolute atomic E-state index is 13.4. The molecule has 0 amide bonds. The van der Waals surface area contributed by atoms with Gasteiger partial charge in [0.1, 0.15) is 11.9 Å². The Morgan fingerprint density at radius 2 is 1.76 bits per heavy atom. The van der Waals surface area contributed by atoms with E-state index in [1.807, 2.05) is 0 Å². The van der Waals surface area contributed by atoms with Crippen LogP contribution in [0.3, 0.4) is 0 Å². The zero-order valence-corrected chi connectivity index (χ0v) is 9.84. The van der Waals surface area contributed by atoms with Crippen molar-refractivity contribution in [3.05, 3.63) is 57.7 Å². The second kappa shape index (κ2) is 4.54. The highest BCUT2D eigenvalue weighted by atomic mass is 79.9. The zero-order valence-electron chi connectivity index (χ0n) is 8.25. The average Bonchev–Trinajstić information content (AvgIpc) is 2.69. The fourth-order valence-electron chi connectivity index (χ4n) is 1.39. The standard InChI is InChI=1S/C11H6BrF3O2/c12-6-1-2-17-11(6)10(16)5-3-8(14)9(15)4-7(5)13/h1-4,10,16H. The number of aliphatic hydroxyl groups excluding tert-OH is 1. The SMILES string of the molecule is OC(c1cc(F)c(F)cc1F)c1occc1Br. The summed E-state index contributed by atoms with van der Waals surface area (Å²) in [5, 5.41) is 9.80. The number of hydrogen-bond acceptors (Lipinski definition) is 2. The van der Waals surface area contributed by atoms with Gasteiger partial charge in [0.2, 0.25) is 0 Å². The third-order valence-electron chi connectivity index (χ3n) is 2.23. The van der Waals surface area contributed by atoms with Gasteiger partial charge >= 0.3 is 0 Å². The van der Waals surface area contributed by atoms with Crippen molar-refractivity contribution >= 4 is 15.9 Å². The van der Waals surface area contributed by atoms with E-state index in [9.17, 15) is 18.3 Å². The van der Waals surface area contributed by atoms with Gasteiger partial charge < -0.3 is 9.52 Å². The third kappa shape index (κ3) is 2.23. The fraction of sp³-hybridized carbons (Fsp3) is 0.0909. The van der Waals surface area contributed by atoms with Crippen LogP contribution in [0.1, 0.15) is 17.4 Å². The molecular formula is C11H6BrF3O2. The van der Waals surface area contributed by atoms with Gasteiger partial charge in [-0.05, 0) is 28.1 Å². The number of rotatable bonds is 2. The molecule has 1 N–H and O–H groups in total. The minimum absolute atomic E-state index is 0.0231. The van der Waals surface area contributed by atoms with E-state index in [4.69, 9.17) is 4.42 Å². The van der Waals surface area contributed by atoms with Crippen LogP contribution in [0.4, 0.5) is 13.2 Å². The van der Waals surface area contributed by atoms with Gasteiger partial charge in [-0.25, -0.2) is 13.2 Å². The topological polar surface area (TPSA) is 33.4 Å². The van der Waals surface area contributed by atoms with Crippen LogP contribution in [0.2, 0.25) is 0 Å². The van der Waals surface area contributed by atoms with Crippen LogP contribution in [0.15, 0.2) is 33.4 Å². The van der Waals surface area contributed by atoms with E-state index in [1.54, 1.807) is 0 Å². The summed E-state index contributed by atoms with van der Waals surface area (Å²) in [6, 6.07) is 2.48. The van der Waals surface area contributed by atoms with Crippen molar-refractivity contribution in [2.24, 2.45) is 0 Å². The molecule has 2 aromatic rings. The molecule has 0 fully saturated rings. The lowest BCUT2D eigenvalue weighted by atomic mass is 10.1. The largest absolute Gasteiger partial charge is 0.465 e. The molecule has 1 atom stereocenters. The van der Waals surface area contributed by atoms with E-state index in [0.29, 0.717) is 16.6 Å². The molecule has 90 valence electrons. The summed E-state index contributed by atoms with van der Waals surface area (Å²) in [6.07, 6.45) is -0.227. The first kappa shape index (κ1) is 12.2. The number of benzene rings is 1. The molecule has 6 heteroatoms. The van der Waals surface area contributed by atoms with Gasteiger partial charge in [0.05, 0.1) is 10.7 Å². The van der Waals surface area contributed by atoms with Gasteiger partial charge in [0, 0.05) is 11.6 Å². The van der Waals surface area contributed by atoms with Crippen LogP contribution < -0.4 is 0 Å². The number of furan rings is 1. The van der Waals surface area contributed by atoms with Crippen molar-refractivity contribution in [3.63, 3.8) is 0 Å². The molecule has 2 nitrogen and oxygen atoms in total. The lowest BCUT2D eigenvalue weighted by Gasteiger charge is -2.10. The van der Waals surface area contributed by atoms with Crippen molar-refractivity contribution in [2.45, 2.75) is 6.10 Å². The summed E-state index contributed by atoms with van der Waals surface area (Å²) in [5.41, 5.74) is -0.389. The summed E-state index contributed by atoms with van der Waals surface area (Å²) in [4.78, 5) is 0. The molecule has 1 unspecified atom stereocenters. The highest BCUT2D eigenvalue weighted by Gasteiger charge is 2.22. The second-order valence-electron chi connectivity index (χ2n) is 3.32. The first-order valence-corrected chi connectivity index (χ1v) is 5.35. The quantitative estimate of drug-likeness (QED) is 0.861. The molecule has 0 aliphatic heterocycles. The maximum Gasteiger partial charge on any atom is 0.161 e. The van der Waals surface area contributed by atoms with Crippen LogP contribution in [-0.4, -0.2) is 5.11 Å². The smallest absolute Gasteiger partial charge is 0.161 e. The summed E-state index contributed by atoms with van der Waals surface area (Å²) < 4.78 is 44.4. The Morgan fingerprint density at radius 3 is 2.35 bits per heavy atom. The zero-order chi connectivity index (χ0) is 12.6. The van der Waals surface area contributed by atoms with Crippen LogP contribution in [0.5, 0.6) is 0 Å². The van der Waals surface area contributed by atoms with Crippen molar-refractivity contribution in [2.75, 3.05) is 0 Å². The molecule has 1 aromatic carbocycles. The Hall–Kier alpha value is -1.27. The molecule has 0 aliphatic carbocycles. The van der Waals surface area contributed by atoms with Crippen molar-refractivity contribution in [1.82, 2.24) is 0 Å². The Bertz CT molecular complexity index is 554. The highest BCUT2D eigenvalue weighted by molar-refractivity contribution is 9.10. The lowest BCUT2D eigenvalue weighted by molar-refractivity contribution is 0.183. The Morgan fingerprint density at radius 1 is 1.12 bits per heavy atom. The lowest BCUT2D eigenvalue weighted by Crippen LogP contribution is -2.04. The molecule has 17 heavy (non-hydrogen) atoms. The van der Waals surface area contributed by atoms with E-state index >= 15 is 0 Å². The minimum Gasteiger partial charge on any atom is -0.465 e. The normalized spacial score (nSPS) is 12.8. The summed E-state index contributed by atoms with van der Waals surface area (Å²) >= 11 is 3.08. The number of hydrogen-bond donors (Lipinski definition) is 1. The van der Waals surface area contributed by atoms with E-state index in [2.05, 4.69) is 15.9 Å². The summed E-state index contributed by atoms with van der Waals surface area (Å²) in [5.74, 6) is -3.56. The molecule has 0 aliphatic rings. The number of aliphatic hydroxyl groups is 1. The predicted molar refractivity (Wildman–Crippen MR) is 56.8 cm³/mol. The minimum atomic E-state index is -1.51. The van der Waals surface area contributed by atoms with Gasteiger partial charge in [0.25, 0.3) is 0 Å². The molecule has 1 aromatic heterocycles. The first-order valence-electron chi connectivity index (χ1n) is 4.56. The monoisotopic (exact) mass is 306 g/mol. The van der Waals surface area contributed by atoms with Crippen molar-refractivity contribution < 1.29 is 22.7 Å². The van der Waals surface area contributed by atoms with Crippen LogP contribution in [-0.2, 0) is 0 Å². The van der Waals surface area contributed by atoms with Gasteiger partial charge in [-0.3, -0.25) is 0 Å². The predicted octanol–water partition coefficient (Wildman–Crippen LogP) is 3.54.